The van der Waals surface area contributed by atoms with Crippen LogP contribution in [0.25, 0.3) is 6.08 Å². The zero-order valence-corrected chi connectivity index (χ0v) is 20.6. The van der Waals surface area contributed by atoms with E-state index in [1.54, 1.807) is 22.9 Å². The fourth-order valence-electron chi connectivity index (χ4n) is 4.30. The Balaban J connectivity index is 0.00000324. The summed E-state index contributed by atoms with van der Waals surface area (Å²) in [6, 6.07) is 5.97. The highest BCUT2D eigenvalue weighted by molar-refractivity contribution is 7.81. The SMILES string of the molecule is Cl.O=C(O)CCCCn1cc(C=C2CN(C(C(=O)C3CC3)c3ccccc3F)CCC2S)nn1. The molecular weight excluding hydrogens is 479 g/mol. The van der Waals surface area contributed by atoms with Crippen LogP contribution in [0.15, 0.2) is 36.0 Å². The topological polar surface area (TPSA) is 88.3 Å². The first kappa shape index (κ1) is 26.4. The van der Waals surface area contributed by atoms with Crippen LogP contribution in [0.5, 0.6) is 0 Å². The first-order valence-electron chi connectivity index (χ1n) is 11.4. The molecule has 1 aliphatic carbocycles. The Bertz CT molecular complexity index is 1040. The molecule has 2 aromatic rings. The summed E-state index contributed by atoms with van der Waals surface area (Å²) in [5, 5.41) is 17.1. The molecule has 2 fully saturated rings. The second kappa shape index (κ2) is 12.0. The van der Waals surface area contributed by atoms with Crippen molar-refractivity contribution in [2.45, 2.75) is 56.4 Å². The summed E-state index contributed by atoms with van der Waals surface area (Å²) in [5.74, 6) is -1.02. The van der Waals surface area contributed by atoms with Gasteiger partial charge in [-0.1, -0.05) is 23.4 Å². The quantitative estimate of drug-likeness (QED) is 0.369. The molecule has 0 radical (unpaired) electrons. The lowest BCUT2D eigenvalue weighted by molar-refractivity contribution is -0.137. The number of piperidine rings is 1. The minimum absolute atomic E-state index is 0. The van der Waals surface area contributed by atoms with E-state index in [4.69, 9.17) is 17.7 Å². The van der Waals surface area contributed by atoms with E-state index in [1.165, 1.54) is 6.07 Å². The van der Waals surface area contributed by atoms with Crippen molar-refractivity contribution < 1.29 is 19.1 Å². The van der Waals surface area contributed by atoms with E-state index in [1.807, 2.05) is 12.3 Å². The molecule has 2 atom stereocenters. The minimum Gasteiger partial charge on any atom is -0.481 e. The molecule has 2 aliphatic rings. The molecule has 34 heavy (non-hydrogen) atoms. The summed E-state index contributed by atoms with van der Waals surface area (Å²) in [7, 11) is 0. The van der Waals surface area contributed by atoms with Gasteiger partial charge in [-0.25, -0.2) is 4.39 Å². The van der Waals surface area contributed by atoms with Gasteiger partial charge in [0.2, 0.25) is 0 Å². The average Bonchev–Trinajstić information content (AvgIpc) is 3.55. The molecule has 2 heterocycles. The highest BCUT2D eigenvalue weighted by atomic mass is 35.5. The van der Waals surface area contributed by atoms with Crippen LogP contribution in [0.3, 0.4) is 0 Å². The van der Waals surface area contributed by atoms with Gasteiger partial charge in [0.15, 0.2) is 5.78 Å². The van der Waals surface area contributed by atoms with E-state index in [2.05, 4.69) is 15.2 Å². The highest BCUT2D eigenvalue weighted by Gasteiger charge is 2.40. The normalized spacial score (nSPS) is 20.6. The maximum Gasteiger partial charge on any atom is 0.303 e. The number of carbonyl (C=O) groups is 2. The Morgan fingerprint density at radius 2 is 2.00 bits per heavy atom. The number of unbranched alkanes of at least 4 members (excludes halogenated alkanes) is 1. The summed E-state index contributed by atoms with van der Waals surface area (Å²) in [4.78, 5) is 25.9. The van der Waals surface area contributed by atoms with Crippen LogP contribution >= 0.6 is 25.0 Å². The van der Waals surface area contributed by atoms with E-state index in [0.29, 0.717) is 43.7 Å². The number of Topliss-reactive ketones (excluding diaryl/α,β-unsaturated/α-hetero) is 1. The number of carboxylic acid groups (broad SMARTS) is 1. The molecule has 1 aromatic carbocycles. The number of thiol groups is 1. The molecule has 0 spiro atoms. The maximum atomic E-state index is 14.7. The van der Waals surface area contributed by atoms with E-state index >= 15 is 0 Å². The predicted molar refractivity (Wildman–Crippen MR) is 133 cm³/mol. The number of carboxylic acids is 1. The lowest BCUT2D eigenvalue weighted by Crippen LogP contribution is -2.42. The largest absolute Gasteiger partial charge is 0.481 e. The lowest BCUT2D eigenvalue weighted by Gasteiger charge is -2.37. The van der Waals surface area contributed by atoms with E-state index < -0.39 is 12.0 Å². The van der Waals surface area contributed by atoms with Gasteiger partial charge in [0.25, 0.3) is 0 Å². The Kier molecular flexibility index (Phi) is 9.27. The maximum absolute atomic E-state index is 14.7. The Hall–Kier alpha value is -2.23. The second-order valence-corrected chi connectivity index (χ2v) is 9.48. The number of aliphatic carboxylic acids is 1. The molecule has 4 rings (SSSR count). The number of benzene rings is 1. The summed E-state index contributed by atoms with van der Waals surface area (Å²) in [6.07, 6.45) is 7.73. The van der Waals surface area contributed by atoms with Gasteiger partial charge in [-0.3, -0.25) is 19.2 Å². The van der Waals surface area contributed by atoms with Crippen molar-refractivity contribution in [3.8, 4) is 0 Å². The molecule has 0 amide bonds. The number of halogens is 2. The standard InChI is InChI=1S/C24H29FN4O3S.ClH/c25-20-6-2-1-5-19(20)23(24(32)16-8-9-16)28-12-10-21(33)17(14-28)13-18-15-29(27-26-18)11-4-3-7-22(30)31;/h1-2,5-6,13,15-16,21,23,33H,3-4,7-12,14H2,(H,30,31);1H. The van der Waals surface area contributed by atoms with Gasteiger partial charge < -0.3 is 5.11 Å². The van der Waals surface area contributed by atoms with Crippen LogP contribution in [0.4, 0.5) is 4.39 Å². The van der Waals surface area contributed by atoms with Crippen molar-refractivity contribution in [3.63, 3.8) is 0 Å². The Labute approximate surface area is 210 Å². The van der Waals surface area contributed by atoms with Gasteiger partial charge in [-0.05, 0) is 49.8 Å². The number of likely N-dealkylation sites (tertiary alicyclic amines) is 1. The van der Waals surface area contributed by atoms with Gasteiger partial charge in [0, 0.05) is 42.8 Å². The summed E-state index contributed by atoms with van der Waals surface area (Å²) in [5.41, 5.74) is 2.16. The van der Waals surface area contributed by atoms with Crippen LogP contribution in [0.1, 0.15) is 55.8 Å². The third kappa shape index (κ3) is 6.67. The molecule has 1 saturated carbocycles. The van der Waals surface area contributed by atoms with E-state index in [9.17, 15) is 14.0 Å². The average molecular weight is 509 g/mol. The van der Waals surface area contributed by atoms with E-state index in [0.717, 1.165) is 24.8 Å². The molecule has 1 N–H and O–H groups in total. The van der Waals surface area contributed by atoms with Crippen molar-refractivity contribution in [2.75, 3.05) is 13.1 Å². The third-order valence-electron chi connectivity index (χ3n) is 6.24. The number of ketones is 1. The molecule has 184 valence electrons. The van der Waals surface area contributed by atoms with Crippen LogP contribution in [-0.2, 0) is 16.1 Å². The summed E-state index contributed by atoms with van der Waals surface area (Å²) < 4.78 is 16.4. The number of nitrogens with zero attached hydrogens (tertiary/aromatic N) is 4. The monoisotopic (exact) mass is 508 g/mol. The van der Waals surface area contributed by atoms with Crippen LogP contribution in [0, 0.1) is 11.7 Å². The lowest BCUT2D eigenvalue weighted by atomic mass is 9.93. The number of rotatable bonds is 10. The summed E-state index contributed by atoms with van der Waals surface area (Å²) >= 11 is 4.74. The van der Waals surface area contributed by atoms with Crippen LogP contribution < -0.4 is 0 Å². The number of hydrogen-bond acceptors (Lipinski definition) is 6. The van der Waals surface area contributed by atoms with E-state index in [-0.39, 0.29) is 41.6 Å². The minimum atomic E-state index is -0.797. The fraction of sp³-hybridized carbons (Fsp3) is 0.500. The van der Waals surface area contributed by atoms with Crippen molar-refractivity contribution in [3.05, 3.63) is 53.1 Å². The second-order valence-electron chi connectivity index (χ2n) is 8.85. The fourth-order valence-corrected chi connectivity index (χ4v) is 4.57. The highest BCUT2D eigenvalue weighted by Crippen LogP contribution is 2.39. The first-order valence-corrected chi connectivity index (χ1v) is 12.0. The Morgan fingerprint density at radius 1 is 1.24 bits per heavy atom. The molecule has 2 unspecified atom stereocenters. The molecule has 1 saturated heterocycles. The van der Waals surface area contributed by atoms with Crippen LogP contribution in [-0.4, -0.2) is 55.1 Å². The van der Waals surface area contributed by atoms with Gasteiger partial charge in [0.05, 0.1) is 12.2 Å². The van der Waals surface area contributed by atoms with Gasteiger partial charge in [-0.15, -0.1) is 17.5 Å². The van der Waals surface area contributed by atoms with Crippen molar-refractivity contribution in [2.24, 2.45) is 5.92 Å². The summed E-state index contributed by atoms with van der Waals surface area (Å²) in [6.45, 7) is 1.78. The Morgan fingerprint density at radius 3 is 2.71 bits per heavy atom. The first-order chi connectivity index (χ1) is 15.9. The molecule has 10 heteroatoms. The zero-order valence-electron chi connectivity index (χ0n) is 18.8. The third-order valence-corrected chi connectivity index (χ3v) is 6.82. The van der Waals surface area contributed by atoms with Crippen molar-refractivity contribution in [1.82, 2.24) is 19.9 Å². The van der Waals surface area contributed by atoms with Crippen molar-refractivity contribution in [1.29, 1.82) is 0 Å². The zero-order chi connectivity index (χ0) is 23.4. The van der Waals surface area contributed by atoms with Gasteiger partial charge in [-0.2, -0.15) is 12.6 Å². The number of aromatic nitrogens is 3. The number of carbonyl (C=O) groups excluding carboxylic acids is 1. The predicted octanol–water partition coefficient (Wildman–Crippen LogP) is 4.20. The molecule has 1 aliphatic heterocycles. The van der Waals surface area contributed by atoms with Crippen LogP contribution in [0.2, 0.25) is 0 Å². The smallest absolute Gasteiger partial charge is 0.303 e. The van der Waals surface area contributed by atoms with Crippen molar-refractivity contribution >= 4 is 42.9 Å². The molecular formula is C24H30ClFN4O3S. The number of aryl methyl sites for hydroxylation is 1. The number of hydrogen-bond donors (Lipinski definition) is 2. The molecule has 0 bridgehead atoms. The van der Waals surface area contributed by atoms with Gasteiger partial charge >= 0.3 is 5.97 Å². The molecule has 7 nitrogen and oxygen atoms in total. The molecule has 1 aromatic heterocycles. The van der Waals surface area contributed by atoms with Gasteiger partial charge in [0.1, 0.15) is 11.5 Å².